The van der Waals surface area contributed by atoms with Gasteiger partial charge in [-0.2, -0.15) is 5.56 Å². The van der Waals surface area contributed by atoms with E-state index >= 15 is 0 Å². The number of ketones is 1. The molecule has 0 saturated carbocycles. The minimum atomic E-state index is 0. The monoisotopic (exact) mass is 290 g/mol. The summed E-state index contributed by atoms with van der Waals surface area (Å²) in [7, 11) is 0. The van der Waals surface area contributed by atoms with E-state index < -0.39 is 0 Å². The van der Waals surface area contributed by atoms with Crippen LogP contribution in [-0.2, 0) is 43.9 Å². The molecule has 2 heteroatoms. The summed E-state index contributed by atoms with van der Waals surface area (Å²) in [4.78, 5) is 11.2. The van der Waals surface area contributed by atoms with Crippen LogP contribution in [0.15, 0.2) is 24.3 Å². The third-order valence-corrected chi connectivity index (χ3v) is 2.44. The van der Waals surface area contributed by atoms with Gasteiger partial charge in [-0.3, -0.25) is 0 Å². The average Bonchev–Trinajstić information content (AvgIpc) is 2.29. The summed E-state index contributed by atoms with van der Waals surface area (Å²) in [6.07, 6.45) is 4.42. The van der Waals surface area contributed by atoms with Gasteiger partial charge in [-0.25, -0.2) is 11.6 Å². The summed E-state index contributed by atoms with van der Waals surface area (Å²) in [6, 6.07) is 8.28. The molecular weight excluding hydrogens is 273 g/mol. The van der Waals surface area contributed by atoms with Gasteiger partial charge in [-0.15, -0.1) is 12.1 Å². The van der Waals surface area contributed by atoms with Crippen molar-refractivity contribution < 1.29 is 37.5 Å². The first kappa shape index (κ1) is 15.7. The van der Waals surface area contributed by atoms with E-state index in [0.717, 1.165) is 17.6 Å². The van der Waals surface area contributed by atoms with Gasteiger partial charge in [-0.1, -0.05) is 38.5 Å². The summed E-state index contributed by atoms with van der Waals surface area (Å²) in [5.74, 6) is 0.0621. The van der Waals surface area contributed by atoms with E-state index in [1.165, 1.54) is 5.56 Å². The quantitative estimate of drug-likeness (QED) is 0.613. The SMILES string of the molecule is CCC(=O)[C-]=C(C)c1ccc(CC)cc1.[Y]. The molecule has 0 aromatic heterocycles. The number of hydrogen-bond acceptors (Lipinski definition) is 1. The molecule has 0 atom stereocenters. The predicted octanol–water partition coefficient (Wildman–Crippen LogP) is 3.43. The van der Waals surface area contributed by atoms with Crippen molar-refractivity contribution in [3.8, 4) is 0 Å². The average molecular weight is 290 g/mol. The molecule has 0 aliphatic heterocycles. The van der Waals surface area contributed by atoms with Crippen LogP contribution in [0, 0.1) is 6.08 Å². The normalized spacial score (nSPS) is 10.8. The molecule has 83 valence electrons. The zero-order chi connectivity index (χ0) is 11.3. The van der Waals surface area contributed by atoms with Crippen molar-refractivity contribution in [2.45, 2.75) is 33.6 Å². The van der Waals surface area contributed by atoms with E-state index in [1.54, 1.807) is 0 Å². The van der Waals surface area contributed by atoms with E-state index in [1.807, 2.05) is 26.0 Å². The van der Waals surface area contributed by atoms with E-state index in [9.17, 15) is 4.79 Å². The van der Waals surface area contributed by atoms with Crippen LogP contribution in [-0.4, -0.2) is 5.78 Å². The molecule has 16 heavy (non-hydrogen) atoms. The molecule has 0 fully saturated rings. The minimum absolute atomic E-state index is 0. The summed E-state index contributed by atoms with van der Waals surface area (Å²) in [5, 5.41) is 0. The molecule has 1 aromatic carbocycles. The van der Waals surface area contributed by atoms with Gasteiger partial charge < -0.3 is 4.79 Å². The van der Waals surface area contributed by atoms with Gasteiger partial charge in [0, 0.05) is 32.7 Å². The van der Waals surface area contributed by atoms with Crippen LogP contribution in [0.2, 0.25) is 0 Å². The number of rotatable bonds is 4. The second kappa shape index (κ2) is 7.92. The number of Topliss-reactive ketones (excluding diaryl/α,β-unsaturated/α-hetero) is 1. The van der Waals surface area contributed by atoms with Crippen LogP contribution in [0.5, 0.6) is 0 Å². The zero-order valence-corrected chi connectivity index (χ0v) is 13.0. The van der Waals surface area contributed by atoms with Gasteiger partial charge in [0.25, 0.3) is 0 Å². The Morgan fingerprint density at radius 1 is 1.19 bits per heavy atom. The Bertz CT molecular complexity index is 363. The van der Waals surface area contributed by atoms with Crippen LogP contribution in [0.25, 0.3) is 5.57 Å². The molecule has 0 bridgehead atoms. The molecule has 0 N–H and O–H groups in total. The molecule has 0 amide bonds. The van der Waals surface area contributed by atoms with Gasteiger partial charge in [0.2, 0.25) is 0 Å². The Kier molecular flexibility index (Phi) is 7.79. The van der Waals surface area contributed by atoms with E-state index in [0.29, 0.717) is 6.42 Å². The van der Waals surface area contributed by atoms with Gasteiger partial charge in [0.1, 0.15) is 0 Å². The fraction of sp³-hybridized carbons (Fsp3) is 0.357. The molecule has 1 radical (unpaired) electrons. The molecule has 0 unspecified atom stereocenters. The van der Waals surface area contributed by atoms with Gasteiger partial charge in [-0.05, 0) is 12.8 Å². The molecule has 0 spiro atoms. The summed E-state index contributed by atoms with van der Waals surface area (Å²) in [5.41, 5.74) is 3.31. The van der Waals surface area contributed by atoms with Crippen molar-refractivity contribution in [3.63, 3.8) is 0 Å². The molecule has 0 aliphatic rings. The number of aryl methyl sites for hydroxylation is 1. The largest absolute Gasteiger partial charge is 0.317 e. The Morgan fingerprint density at radius 3 is 2.19 bits per heavy atom. The summed E-state index contributed by atoms with van der Waals surface area (Å²) >= 11 is 0. The fourth-order valence-electron chi connectivity index (χ4n) is 1.36. The van der Waals surface area contributed by atoms with Gasteiger partial charge in [0.05, 0.1) is 5.78 Å². The molecule has 1 rings (SSSR count). The Balaban J connectivity index is 0.00000225. The number of carbonyl (C=O) groups excluding carboxylic acids is 1. The topological polar surface area (TPSA) is 17.1 Å². The third kappa shape index (κ3) is 4.71. The minimum Gasteiger partial charge on any atom is -0.317 e. The number of hydrogen-bond donors (Lipinski definition) is 0. The maximum atomic E-state index is 11.2. The fourth-order valence-corrected chi connectivity index (χ4v) is 1.36. The second-order valence-corrected chi connectivity index (χ2v) is 3.58. The molecule has 1 aromatic rings. The van der Waals surface area contributed by atoms with Crippen molar-refractivity contribution >= 4 is 11.4 Å². The Hall–Kier alpha value is -0.266. The van der Waals surface area contributed by atoms with E-state index in [4.69, 9.17) is 0 Å². The maximum Gasteiger partial charge on any atom is 0.0667 e. The number of allylic oxidation sites excluding steroid dienone is 2. The zero-order valence-electron chi connectivity index (χ0n) is 10.2. The van der Waals surface area contributed by atoms with Crippen molar-refractivity contribution in [1.29, 1.82) is 0 Å². The standard InChI is InChI=1S/C14H17O.Y/c1-4-12-6-8-13(9-7-12)11(3)10-14(15)5-2;/h6-9H,4-5H2,1-3H3;/q-1;. The van der Waals surface area contributed by atoms with Crippen molar-refractivity contribution in [3.05, 3.63) is 41.5 Å². The Morgan fingerprint density at radius 2 is 1.75 bits per heavy atom. The van der Waals surface area contributed by atoms with Gasteiger partial charge in [0.15, 0.2) is 0 Å². The first-order chi connectivity index (χ1) is 7.17. The van der Waals surface area contributed by atoms with Crippen LogP contribution in [0.1, 0.15) is 38.3 Å². The number of carbonyl (C=O) groups is 1. The predicted molar refractivity (Wildman–Crippen MR) is 63.4 cm³/mol. The second-order valence-electron chi connectivity index (χ2n) is 3.58. The molecule has 0 aliphatic carbocycles. The van der Waals surface area contributed by atoms with Crippen molar-refractivity contribution in [2.75, 3.05) is 0 Å². The summed E-state index contributed by atoms with van der Waals surface area (Å²) < 4.78 is 0. The van der Waals surface area contributed by atoms with Crippen molar-refractivity contribution in [1.82, 2.24) is 0 Å². The van der Waals surface area contributed by atoms with Crippen LogP contribution in [0.3, 0.4) is 0 Å². The molecule has 0 saturated heterocycles. The first-order valence-corrected chi connectivity index (χ1v) is 5.40. The first-order valence-electron chi connectivity index (χ1n) is 5.40. The molecular formula is C14H17OY-. The van der Waals surface area contributed by atoms with Crippen LogP contribution in [0.4, 0.5) is 0 Å². The van der Waals surface area contributed by atoms with Gasteiger partial charge >= 0.3 is 0 Å². The smallest absolute Gasteiger partial charge is 0.0667 e. The Labute approximate surface area is 123 Å². The maximum absolute atomic E-state index is 11.2. The van der Waals surface area contributed by atoms with E-state index in [-0.39, 0.29) is 38.5 Å². The number of benzene rings is 1. The summed E-state index contributed by atoms with van der Waals surface area (Å²) in [6.45, 7) is 5.90. The third-order valence-electron chi connectivity index (χ3n) is 2.44. The van der Waals surface area contributed by atoms with E-state index in [2.05, 4.69) is 25.1 Å². The molecule has 1 nitrogen and oxygen atoms in total. The molecule has 0 heterocycles. The van der Waals surface area contributed by atoms with Crippen LogP contribution < -0.4 is 0 Å². The van der Waals surface area contributed by atoms with Crippen LogP contribution >= 0.6 is 0 Å². The van der Waals surface area contributed by atoms with Crippen molar-refractivity contribution in [2.24, 2.45) is 0 Å².